The van der Waals surface area contributed by atoms with Crippen molar-refractivity contribution in [3.8, 4) is 55.9 Å². The molecule has 0 saturated heterocycles. The molecule has 0 aliphatic heterocycles. The number of aromatic nitrogens is 2. The first-order valence-electron chi connectivity index (χ1n) is 48.4. The average molecular weight is 1750 g/mol. The molecule has 0 saturated carbocycles. The van der Waals surface area contributed by atoms with Crippen molar-refractivity contribution >= 4 is 177 Å². The quantitative estimate of drug-likeness (QED) is 0.0798. The molecule has 0 radical (unpaired) electrons. The monoisotopic (exact) mass is 1740 g/mol. The van der Waals surface area contributed by atoms with Crippen LogP contribution in [0.1, 0.15) is 6.85 Å². The van der Waals surface area contributed by atoms with E-state index in [4.69, 9.17) is 15.7 Å². The molecular weight excluding hydrogens is 1650 g/mol. The van der Waals surface area contributed by atoms with E-state index in [0.717, 1.165) is 190 Å². The fourth-order valence-electron chi connectivity index (χ4n) is 20.1. The molecule has 26 rings (SSSR count). The third-order valence-electron chi connectivity index (χ3n) is 26.3. The molecule has 0 aliphatic rings. The number of rotatable bonds is 18. The van der Waals surface area contributed by atoms with Gasteiger partial charge in [-0.3, -0.25) is 0 Å². The summed E-state index contributed by atoms with van der Waals surface area (Å²) in [6, 6.07) is 172. The number of hydrogen-bond acceptors (Lipinski definition) is 6. The van der Waals surface area contributed by atoms with E-state index >= 15 is 0 Å². The predicted octanol–water partition coefficient (Wildman–Crippen LogP) is 36.2. The zero-order valence-electron chi connectivity index (χ0n) is 78.8. The molecule has 0 bridgehead atoms. The van der Waals surface area contributed by atoms with E-state index < -0.39 is 6.04 Å². The van der Waals surface area contributed by atoms with Crippen molar-refractivity contribution in [3.05, 3.63) is 522 Å². The summed E-state index contributed by atoms with van der Waals surface area (Å²) in [5.74, 6) is 0. The van der Waals surface area contributed by atoms with Gasteiger partial charge in [-0.25, -0.2) is 0 Å². The van der Waals surface area contributed by atoms with Gasteiger partial charge in [-0.15, -0.1) is 0 Å². The lowest BCUT2D eigenvalue weighted by molar-refractivity contribution is 0.668. The van der Waals surface area contributed by atoms with Crippen LogP contribution in [0.15, 0.2) is 530 Å². The van der Waals surface area contributed by atoms with E-state index in [1.807, 2.05) is 77.4 Å². The van der Waals surface area contributed by atoms with Gasteiger partial charge in [-0.1, -0.05) is 309 Å². The van der Waals surface area contributed by atoms with Crippen molar-refractivity contribution in [2.45, 2.75) is 0 Å². The van der Waals surface area contributed by atoms with Gasteiger partial charge in [-0.2, -0.15) is 0 Å². The average Bonchev–Trinajstić information content (AvgIpc) is 1.59. The smallest absolute Gasteiger partial charge is 0.135 e. The zero-order chi connectivity index (χ0) is 94.3. The molecule has 8 nitrogen and oxygen atoms in total. The number of anilines is 12. The Labute approximate surface area is 794 Å². The highest BCUT2D eigenvalue weighted by Gasteiger charge is 2.26. The van der Waals surface area contributed by atoms with Gasteiger partial charge < -0.3 is 37.6 Å². The SMILES string of the molecule is [2H]c1c([2H])c([2H])c(-n2c3ccccc3c3ccc(-c4cccc(N(c5cccc(N(c6ccccc6)c6ccccc6)c5)c5ccc6oc7ccccc7c6c5)c4)cc32)c([2H])c1[2H].c1ccc(-c2cc(-c3ccccc3)cc(N(c3ccccc3)c3cccc(N(c4cccc(-c5ccc6c7ccccc7n(-c7ccc8ccc9ccccc9c8c7)c6c5)c4)c4ccc5oc6ccccc6c5c4)c3)c2)cc1. The maximum atomic E-state index is 8.93. The summed E-state index contributed by atoms with van der Waals surface area (Å²) >= 11 is 0. The van der Waals surface area contributed by atoms with Crippen molar-refractivity contribution in [1.29, 1.82) is 0 Å². The molecule has 0 amide bonds. The van der Waals surface area contributed by atoms with Crippen molar-refractivity contribution in [2.75, 3.05) is 19.6 Å². The minimum Gasteiger partial charge on any atom is -0.456 e. The van der Waals surface area contributed by atoms with E-state index in [0.29, 0.717) is 0 Å². The Hall–Kier alpha value is -18.2. The molecule has 4 aromatic heterocycles. The molecule has 640 valence electrons. The van der Waals surface area contributed by atoms with E-state index in [1.54, 1.807) is 0 Å². The molecule has 0 N–H and O–H groups in total. The predicted molar refractivity (Wildman–Crippen MR) is 572 cm³/mol. The minimum atomic E-state index is -0.421. The van der Waals surface area contributed by atoms with Gasteiger partial charge >= 0.3 is 0 Å². The number of benzene rings is 22. The molecule has 0 aliphatic carbocycles. The Bertz CT molecular complexity index is 9240. The van der Waals surface area contributed by atoms with Crippen molar-refractivity contribution in [2.24, 2.45) is 0 Å². The largest absolute Gasteiger partial charge is 0.456 e. The summed E-state index contributed by atoms with van der Waals surface area (Å²) in [5, 5.41) is 13.5. The molecule has 22 aromatic carbocycles. The highest BCUT2D eigenvalue weighted by Crippen LogP contribution is 2.49. The van der Waals surface area contributed by atoms with E-state index in [9.17, 15) is 0 Å². The normalized spacial score (nSPS) is 12.0. The van der Waals surface area contributed by atoms with Gasteiger partial charge in [0.05, 0.1) is 28.9 Å². The van der Waals surface area contributed by atoms with Crippen molar-refractivity contribution in [1.82, 2.24) is 9.13 Å². The van der Waals surface area contributed by atoms with Crippen molar-refractivity contribution in [3.63, 3.8) is 0 Å². The second-order valence-electron chi connectivity index (χ2n) is 34.4. The Balaban J connectivity index is 0.000000152. The molecule has 0 fully saturated rings. The van der Waals surface area contributed by atoms with Gasteiger partial charge in [-0.05, 0) is 278 Å². The molecule has 8 heteroatoms. The van der Waals surface area contributed by atoms with Crippen LogP contribution >= 0.6 is 0 Å². The Morgan fingerprint density at radius 3 is 0.963 bits per heavy atom. The van der Waals surface area contributed by atoms with Crippen LogP contribution in [0.2, 0.25) is 0 Å². The van der Waals surface area contributed by atoms with Gasteiger partial charge in [0.15, 0.2) is 0 Å². The highest BCUT2D eigenvalue weighted by atomic mass is 16.3. The van der Waals surface area contributed by atoms with E-state index in [-0.39, 0.29) is 29.9 Å². The van der Waals surface area contributed by atoms with Gasteiger partial charge in [0.1, 0.15) is 22.3 Å². The lowest BCUT2D eigenvalue weighted by Gasteiger charge is -2.30. The summed E-state index contributed by atoms with van der Waals surface area (Å²) < 4.78 is 60.1. The number of hydrogen-bond donors (Lipinski definition) is 0. The van der Waals surface area contributed by atoms with Crippen LogP contribution in [0.4, 0.5) is 68.2 Å². The lowest BCUT2D eigenvalue weighted by Crippen LogP contribution is -2.13. The zero-order valence-corrected chi connectivity index (χ0v) is 73.8. The fraction of sp³-hybridized carbons (Fsp3) is 0. The van der Waals surface area contributed by atoms with E-state index in [2.05, 4.69) is 443 Å². The first-order valence-corrected chi connectivity index (χ1v) is 45.9. The van der Waals surface area contributed by atoms with Crippen LogP contribution in [0.3, 0.4) is 0 Å². The molecule has 26 aromatic rings. The molecule has 0 atom stereocenters. The minimum absolute atomic E-state index is 0.117. The summed E-state index contributed by atoms with van der Waals surface area (Å²) in [6.07, 6.45) is 0. The van der Waals surface area contributed by atoms with Crippen LogP contribution in [0, 0.1) is 0 Å². The Morgan fingerprint density at radius 1 is 0.162 bits per heavy atom. The third-order valence-corrected chi connectivity index (χ3v) is 26.3. The second kappa shape index (κ2) is 34.2. The Morgan fingerprint density at radius 2 is 0.485 bits per heavy atom. The standard InChI is InChI=1S/C74H49N3O.C54H37N3O/c1-4-18-50(19-5-1)56-42-57(51-20-6-2-7-21-51)45-64(44-56)75(58-24-8-3-9-25-58)60-27-17-28-61(47-60)76(62-39-41-74-70(49-62)68-31-13-15-33-73(68)78-74)59-26-16-23-54(43-59)55-37-40-67-66-30-12-14-32-71(66)77(72(67)46-55)63-38-36-53-35-34-52-22-10-11-29-65(52)69(53)48-63;1-4-17-40(18-5-1)55(41-19-6-2-7-20-41)44-24-15-25-45(36-44)56(46-31-33-54-50(37-46)49-27-11-13-29-53(49)58-54)43-23-14-16-38(34-43)39-30-32-48-47-26-10-12-28-51(47)57(52(48)35-39)42-21-8-3-9-22-42/h1-49H;1-37H/i;3D,8D,9D,21D,22D. The Kier molecular flexibility index (Phi) is 18.8. The first kappa shape index (κ1) is 74.5. The first-order chi connectivity index (χ1) is 69.5. The van der Waals surface area contributed by atoms with E-state index in [1.165, 1.54) is 37.8 Å². The number of para-hydroxylation sites is 8. The highest BCUT2D eigenvalue weighted by molar-refractivity contribution is 6.15. The van der Waals surface area contributed by atoms with Gasteiger partial charge in [0.25, 0.3) is 0 Å². The molecule has 0 unspecified atom stereocenters. The van der Waals surface area contributed by atoms with Crippen LogP contribution in [-0.4, -0.2) is 9.13 Å². The number of fused-ring (bicyclic) bond motifs is 15. The molecular formula is C128H86N6O2. The van der Waals surface area contributed by atoms with Gasteiger partial charge in [0.2, 0.25) is 0 Å². The maximum Gasteiger partial charge on any atom is 0.135 e. The molecule has 4 heterocycles. The fourth-order valence-corrected chi connectivity index (χ4v) is 20.1. The summed E-state index contributed by atoms with van der Waals surface area (Å²) in [5.41, 5.74) is 29.3. The second-order valence-corrected chi connectivity index (χ2v) is 34.4. The maximum absolute atomic E-state index is 8.93. The topological polar surface area (TPSA) is 49.1 Å². The lowest BCUT2D eigenvalue weighted by atomic mass is 9.97. The van der Waals surface area contributed by atoms with Crippen molar-refractivity contribution < 1.29 is 15.7 Å². The summed E-state index contributed by atoms with van der Waals surface area (Å²) in [7, 11) is 0. The summed E-state index contributed by atoms with van der Waals surface area (Å²) in [4.78, 5) is 9.30. The number of nitrogens with zero attached hydrogens (tertiary/aromatic N) is 6. The number of furan rings is 2. The van der Waals surface area contributed by atoms with Gasteiger partial charge in [0, 0.05) is 123 Å². The van der Waals surface area contributed by atoms with Crippen LogP contribution in [-0.2, 0) is 0 Å². The molecule has 0 spiro atoms. The van der Waals surface area contributed by atoms with Crippen LogP contribution in [0.5, 0.6) is 0 Å². The van der Waals surface area contributed by atoms with Crippen LogP contribution in [0.25, 0.3) is 165 Å². The summed E-state index contributed by atoms with van der Waals surface area (Å²) in [6.45, 7) is 0. The third kappa shape index (κ3) is 14.6. The molecule has 136 heavy (non-hydrogen) atoms. The van der Waals surface area contributed by atoms with Crippen LogP contribution < -0.4 is 19.6 Å².